The van der Waals surface area contributed by atoms with Crippen LogP contribution in [-0.2, 0) is 4.79 Å². The molecule has 2 heterocycles. The molecular weight excluding hydrogens is 230 g/mol. The van der Waals surface area contributed by atoms with E-state index in [0.29, 0.717) is 5.13 Å². The highest BCUT2D eigenvalue weighted by atomic mass is 32.2. The summed E-state index contributed by atoms with van der Waals surface area (Å²) in [4.78, 5) is 21.3. The summed E-state index contributed by atoms with van der Waals surface area (Å²) < 4.78 is 0. The summed E-state index contributed by atoms with van der Waals surface area (Å²) in [5, 5.41) is 3.25. The Bertz CT molecular complexity index is 509. The number of aromatic nitrogens is 2. The number of hydrogen-bond donors (Lipinski definition) is 1. The van der Waals surface area contributed by atoms with E-state index in [1.807, 2.05) is 18.5 Å². The molecule has 2 aromatic heterocycles. The average molecular weight is 239 g/mol. The summed E-state index contributed by atoms with van der Waals surface area (Å²) in [6.07, 6.45) is 3.80. The molecule has 0 aliphatic rings. The highest BCUT2D eigenvalue weighted by Gasteiger charge is 2.06. The van der Waals surface area contributed by atoms with Crippen LogP contribution >= 0.6 is 23.1 Å². The predicted molar refractivity (Wildman–Crippen MR) is 63.5 cm³/mol. The molecule has 6 heteroatoms. The first-order valence-corrected chi connectivity index (χ1v) is 6.31. The summed E-state index contributed by atoms with van der Waals surface area (Å²) in [5.74, 6) is -0.112. The van der Waals surface area contributed by atoms with Crippen LogP contribution in [0.1, 0.15) is 6.92 Å². The molecule has 1 N–H and O–H groups in total. The topological polar surface area (TPSA) is 54.9 Å². The standard InChI is InChI=1S/C9H9N3OS2/c1-5(13)11-9-12-7-3-6(14-2)4-10-8(7)15-9/h3-4H,1-2H3,(H,11,12,13). The van der Waals surface area contributed by atoms with Gasteiger partial charge in [0.05, 0.1) is 0 Å². The largest absolute Gasteiger partial charge is 0.302 e. The van der Waals surface area contributed by atoms with Gasteiger partial charge in [-0.2, -0.15) is 0 Å². The lowest BCUT2D eigenvalue weighted by Crippen LogP contribution is -2.04. The smallest absolute Gasteiger partial charge is 0.223 e. The van der Waals surface area contributed by atoms with Crippen LogP contribution in [0.2, 0.25) is 0 Å². The number of nitrogens with one attached hydrogen (secondary N) is 1. The molecule has 1 amide bonds. The van der Waals surface area contributed by atoms with Crippen molar-refractivity contribution in [3.8, 4) is 0 Å². The molecular formula is C9H9N3OS2. The highest BCUT2D eigenvalue weighted by molar-refractivity contribution is 7.98. The Labute approximate surface area is 95.1 Å². The molecule has 78 valence electrons. The number of hydrogen-bond acceptors (Lipinski definition) is 5. The number of pyridine rings is 1. The van der Waals surface area contributed by atoms with E-state index in [1.54, 1.807) is 11.8 Å². The summed E-state index contributed by atoms with van der Waals surface area (Å²) in [7, 11) is 0. The Morgan fingerprint density at radius 1 is 1.60 bits per heavy atom. The van der Waals surface area contributed by atoms with Gasteiger partial charge < -0.3 is 5.32 Å². The van der Waals surface area contributed by atoms with Gasteiger partial charge in [0, 0.05) is 18.0 Å². The fourth-order valence-corrected chi connectivity index (χ4v) is 2.34. The van der Waals surface area contributed by atoms with Crippen LogP contribution in [0.15, 0.2) is 17.2 Å². The van der Waals surface area contributed by atoms with Crippen molar-refractivity contribution >= 4 is 44.5 Å². The maximum Gasteiger partial charge on any atom is 0.223 e. The van der Waals surface area contributed by atoms with E-state index >= 15 is 0 Å². The third kappa shape index (κ3) is 2.27. The molecule has 0 fully saturated rings. The van der Waals surface area contributed by atoms with E-state index in [0.717, 1.165) is 15.2 Å². The Balaban J connectivity index is 2.42. The molecule has 0 aromatic carbocycles. The minimum Gasteiger partial charge on any atom is -0.302 e. The van der Waals surface area contributed by atoms with Gasteiger partial charge in [-0.25, -0.2) is 9.97 Å². The fraction of sp³-hybridized carbons (Fsp3) is 0.222. The van der Waals surface area contributed by atoms with Crippen LogP contribution < -0.4 is 5.32 Å². The summed E-state index contributed by atoms with van der Waals surface area (Å²) in [5.41, 5.74) is 0.829. The van der Waals surface area contributed by atoms with Crippen LogP contribution in [0.25, 0.3) is 10.3 Å². The second kappa shape index (κ2) is 4.16. The Kier molecular flexibility index (Phi) is 2.88. The fourth-order valence-electron chi connectivity index (χ4n) is 1.12. The molecule has 0 unspecified atom stereocenters. The van der Waals surface area contributed by atoms with Crippen molar-refractivity contribution in [2.45, 2.75) is 11.8 Å². The van der Waals surface area contributed by atoms with Gasteiger partial charge in [0.1, 0.15) is 10.3 Å². The van der Waals surface area contributed by atoms with Crippen LogP contribution in [0, 0.1) is 0 Å². The first kappa shape index (κ1) is 10.4. The van der Waals surface area contributed by atoms with E-state index in [2.05, 4.69) is 15.3 Å². The Morgan fingerprint density at radius 2 is 2.40 bits per heavy atom. The van der Waals surface area contributed by atoms with Crippen LogP contribution in [0.3, 0.4) is 0 Å². The van der Waals surface area contributed by atoms with Gasteiger partial charge in [-0.05, 0) is 12.3 Å². The molecule has 0 saturated heterocycles. The number of anilines is 1. The van der Waals surface area contributed by atoms with Crippen molar-refractivity contribution in [1.82, 2.24) is 9.97 Å². The maximum absolute atomic E-state index is 10.8. The number of thiazole rings is 1. The summed E-state index contributed by atoms with van der Waals surface area (Å²) in [6.45, 7) is 1.47. The lowest BCUT2D eigenvalue weighted by Gasteiger charge is -1.92. The molecule has 0 saturated carbocycles. The molecule has 0 bridgehead atoms. The first-order chi connectivity index (χ1) is 7.19. The van der Waals surface area contributed by atoms with Gasteiger partial charge in [0.25, 0.3) is 0 Å². The van der Waals surface area contributed by atoms with Crippen LogP contribution in [0.4, 0.5) is 5.13 Å². The Morgan fingerprint density at radius 3 is 3.07 bits per heavy atom. The SMILES string of the molecule is CSc1cnc2sc(NC(C)=O)nc2c1. The molecule has 4 nitrogen and oxygen atoms in total. The number of carbonyl (C=O) groups is 1. The quantitative estimate of drug-likeness (QED) is 0.817. The molecule has 0 radical (unpaired) electrons. The molecule has 15 heavy (non-hydrogen) atoms. The van der Waals surface area contributed by atoms with E-state index in [1.165, 1.54) is 18.3 Å². The first-order valence-electron chi connectivity index (χ1n) is 4.27. The number of amides is 1. The van der Waals surface area contributed by atoms with Gasteiger partial charge in [-0.1, -0.05) is 11.3 Å². The monoisotopic (exact) mass is 239 g/mol. The molecule has 0 aliphatic heterocycles. The minimum atomic E-state index is -0.112. The average Bonchev–Trinajstić information content (AvgIpc) is 2.57. The van der Waals surface area contributed by atoms with Gasteiger partial charge in [0.15, 0.2) is 5.13 Å². The second-order valence-corrected chi connectivity index (χ2v) is 4.76. The Hall–Kier alpha value is -1.14. The normalized spacial score (nSPS) is 10.5. The highest BCUT2D eigenvalue weighted by Crippen LogP contribution is 2.26. The zero-order valence-corrected chi connectivity index (χ0v) is 9.91. The van der Waals surface area contributed by atoms with Gasteiger partial charge >= 0.3 is 0 Å². The van der Waals surface area contributed by atoms with Crippen molar-refractivity contribution in [3.63, 3.8) is 0 Å². The lowest BCUT2D eigenvalue weighted by atomic mass is 10.4. The van der Waals surface area contributed by atoms with E-state index in [9.17, 15) is 4.79 Å². The van der Waals surface area contributed by atoms with Crippen molar-refractivity contribution < 1.29 is 4.79 Å². The van der Waals surface area contributed by atoms with Crippen LogP contribution in [0.5, 0.6) is 0 Å². The van der Waals surface area contributed by atoms with Crippen molar-refractivity contribution in [2.75, 3.05) is 11.6 Å². The molecule has 0 aliphatic carbocycles. The van der Waals surface area contributed by atoms with Gasteiger partial charge in [0.2, 0.25) is 5.91 Å². The summed E-state index contributed by atoms with van der Waals surface area (Å²) in [6, 6.07) is 1.97. The molecule has 2 aromatic rings. The number of rotatable bonds is 2. The number of thioether (sulfide) groups is 1. The zero-order chi connectivity index (χ0) is 10.8. The number of fused-ring (bicyclic) bond motifs is 1. The maximum atomic E-state index is 10.8. The van der Waals surface area contributed by atoms with Crippen LogP contribution in [-0.4, -0.2) is 22.1 Å². The van der Waals surface area contributed by atoms with E-state index in [4.69, 9.17) is 0 Å². The third-order valence-corrected chi connectivity index (χ3v) is 3.33. The minimum absolute atomic E-state index is 0.112. The molecule has 2 rings (SSSR count). The lowest BCUT2D eigenvalue weighted by molar-refractivity contribution is -0.114. The summed E-state index contributed by atoms with van der Waals surface area (Å²) >= 11 is 3.00. The zero-order valence-electron chi connectivity index (χ0n) is 8.27. The molecule has 0 atom stereocenters. The second-order valence-electron chi connectivity index (χ2n) is 2.90. The molecule has 0 spiro atoms. The number of nitrogens with zero attached hydrogens (tertiary/aromatic N) is 2. The number of carbonyl (C=O) groups excluding carboxylic acids is 1. The predicted octanol–water partition coefficient (Wildman–Crippen LogP) is 2.37. The van der Waals surface area contributed by atoms with E-state index in [-0.39, 0.29) is 5.91 Å². The van der Waals surface area contributed by atoms with Crippen molar-refractivity contribution in [3.05, 3.63) is 12.3 Å². The van der Waals surface area contributed by atoms with E-state index < -0.39 is 0 Å². The van der Waals surface area contributed by atoms with Gasteiger partial charge in [-0.15, -0.1) is 11.8 Å². The van der Waals surface area contributed by atoms with Gasteiger partial charge in [-0.3, -0.25) is 4.79 Å². The third-order valence-electron chi connectivity index (χ3n) is 1.74. The van der Waals surface area contributed by atoms with Crippen molar-refractivity contribution in [2.24, 2.45) is 0 Å². The van der Waals surface area contributed by atoms with Crippen molar-refractivity contribution in [1.29, 1.82) is 0 Å².